The molecule has 2 aliphatic rings. The molecular weight excluding hydrogens is 365 g/mol. The van der Waals surface area contributed by atoms with Gasteiger partial charge in [-0.05, 0) is 12.1 Å². The minimum absolute atomic E-state index is 0.0262. The molecule has 2 fully saturated rings. The lowest BCUT2D eigenvalue weighted by Crippen LogP contribution is -2.60. The van der Waals surface area contributed by atoms with Crippen molar-refractivity contribution in [1.82, 2.24) is 25.5 Å². The van der Waals surface area contributed by atoms with Crippen LogP contribution in [0, 0.1) is 11.7 Å². The molecule has 0 bridgehead atoms. The summed E-state index contributed by atoms with van der Waals surface area (Å²) >= 11 is 0. The minimum atomic E-state index is -0.450. The average molecular weight is 389 g/mol. The number of piperidine rings is 1. The molecule has 4 unspecified atom stereocenters. The predicted molar refractivity (Wildman–Crippen MR) is 102 cm³/mol. The Hall–Kier alpha value is -2.85. The summed E-state index contributed by atoms with van der Waals surface area (Å²) in [6.45, 7) is 0. The molecule has 10 heteroatoms. The fraction of sp³-hybridized carbons (Fsp3) is 0.444. The number of fused-ring (bicyclic) bond motifs is 1. The van der Waals surface area contributed by atoms with Crippen LogP contribution in [0.3, 0.4) is 0 Å². The van der Waals surface area contributed by atoms with Gasteiger partial charge in [0.05, 0.1) is 31.0 Å². The molecule has 3 heterocycles. The summed E-state index contributed by atoms with van der Waals surface area (Å²) in [5.41, 5.74) is 3.66. The summed E-state index contributed by atoms with van der Waals surface area (Å²) in [6, 6.07) is 6.34. The SMILES string of the molecule is COc1c(F)cccc1NC1CC(Nc2ccn(C)n2)NC2NN(C)C(=O)C12. The molecule has 2 aliphatic heterocycles. The van der Waals surface area contributed by atoms with Crippen molar-refractivity contribution in [3.63, 3.8) is 0 Å². The number of amides is 1. The number of nitrogens with zero attached hydrogens (tertiary/aromatic N) is 3. The Morgan fingerprint density at radius 2 is 2.11 bits per heavy atom. The largest absolute Gasteiger partial charge is 0.492 e. The highest BCUT2D eigenvalue weighted by Crippen LogP contribution is 2.33. The number of ether oxygens (including phenoxy) is 1. The van der Waals surface area contributed by atoms with Crippen LogP contribution in [0.4, 0.5) is 15.9 Å². The highest BCUT2D eigenvalue weighted by molar-refractivity contribution is 5.82. The lowest BCUT2D eigenvalue weighted by molar-refractivity contribution is -0.131. The minimum Gasteiger partial charge on any atom is -0.492 e. The quantitative estimate of drug-likeness (QED) is 0.598. The standard InChI is InChI=1S/C18H24FN7O2/c1-25-8-7-13(23-25)21-14-9-12(15-17(22-14)24-26(2)18(15)27)20-11-6-4-5-10(19)16(11)28-3/h4-8,12,14-15,17,20,22,24H,9H2,1-3H3,(H,21,23). The van der Waals surface area contributed by atoms with Crippen molar-refractivity contribution in [2.24, 2.45) is 13.0 Å². The normalized spacial score (nSPS) is 26.9. The maximum absolute atomic E-state index is 14.1. The topological polar surface area (TPSA) is 95.5 Å². The smallest absolute Gasteiger partial charge is 0.244 e. The molecule has 4 N–H and O–H groups in total. The van der Waals surface area contributed by atoms with Gasteiger partial charge in [0.25, 0.3) is 0 Å². The number of nitrogens with one attached hydrogen (secondary N) is 4. The lowest BCUT2D eigenvalue weighted by atomic mass is 9.88. The van der Waals surface area contributed by atoms with Crippen molar-refractivity contribution in [3.8, 4) is 5.75 Å². The third kappa shape index (κ3) is 3.36. The predicted octanol–water partition coefficient (Wildman–Crippen LogP) is 0.699. The Morgan fingerprint density at radius 1 is 1.29 bits per heavy atom. The van der Waals surface area contributed by atoms with E-state index in [1.165, 1.54) is 18.2 Å². The summed E-state index contributed by atoms with van der Waals surface area (Å²) < 4.78 is 21.0. The summed E-state index contributed by atoms with van der Waals surface area (Å²) in [4.78, 5) is 12.7. The highest BCUT2D eigenvalue weighted by Gasteiger charge is 2.48. The van der Waals surface area contributed by atoms with E-state index in [1.807, 2.05) is 19.3 Å². The van der Waals surface area contributed by atoms with Gasteiger partial charge in [-0.3, -0.25) is 19.8 Å². The molecule has 4 atom stereocenters. The number of halogens is 1. The molecule has 0 saturated carbocycles. The number of carbonyl (C=O) groups excluding carboxylic acids is 1. The molecule has 1 aromatic carbocycles. The second kappa shape index (κ2) is 7.28. The molecule has 0 radical (unpaired) electrons. The maximum atomic E-state index is 14.1. The Kier molecular flexibility index (Phi) is 4.82. The molecule has 1 amide bonds. The summed E-state index contributed by atoms with van der Waals surface area (Å²) in [7, 11) is 4.97. The highest BCUT2D eigenvalue weighted by atomic mass is 19.1. The molecule has 0 aliphatic carbocycles. The van der Waals surface area contributed by atoms with Crippen LogP contribution in [0.25, 0.3) is 0 Å². The van der Waals surface area contributed by atoms with Gasteiger partial charge in [0, 0.05) is 38.8 Å². The zero-order chi connectivity index (χ0) is 19.8. The van der Waals surface area contributed by atoms with Crippen molar-refractivity contribution in [2.45, 2.75) is 24.8 Å². The molecule has 28 heavy (non-hydrogen) atoms. The number of anilines is 2. The monoisotopic (exact) mass is 389 g/mol. The van der Waals surface area contributed by atoms with Gasteiger partial charge in [0.15, 0.2) is 11.6 Å². The molecule has 2 saturated heterocycles. The lowest BCUT2D eigenvalue weighted by Gasteiger charge is -2.38. The number of hydrogen-bond acceptors (Lipinski definition) is 7. The van der Waals surface area contributed by atoms with Crippen LogP contribution in [-0.2, 0) is 11.8 Å². The zero-order valence-corrected chi connectivity index (χ0v) is 15.9. The number of carbonyl (C=O) groups is 1. The number of aryl methyl sites for hydroxylation is 1. The van der Waals surface area contributed by atoms with Crippen LogP contribution < -0.4 is 26.1 Å². The van der Waals surface area contributed by atoms with E-state index >= 15 is 0 Å². The molecule has 1 aromatic heterocycles. The van der Waals surface area contributed by atoms with Crippen molar-refractivity contribution in [3.05, 3.63) is 36.3 Å². The average Bonchev–Trinajstić information content (AvgIpc) is 3.18. The van der Waals surface area contributed by atoms with Crippen molar-refractivity contribution < 1.29 is 13.9 Å². The first kappa shape index (κ1) is 18.5. The van der Waals surface area contributed by atoms with Crippen molar-refractivity contribution >= 4 is 17.4 Å². The van der Waals surface area contributed by atoms with Gasteiger partial charge in [-0.1, -0.05) is 6.07 Å². The van der Waals surface area contributed by atoms with Gasteiger partial charge in [-0.15, -0.1) is 0 Å². The first-order valence-corrected chi connectivity index (χ1v) is 9.11. The van der Waals surface area contributed by atoms with E-state index in [0.717, 1.165) is 5.82 Å². The van der Waals surface area contributed by atoms with Crippen LogP contribution >= 0.6 is 0 Å². The number of para-hydroxylation sites is 1. The summed E-state index contributed by atoms with van der Waals surface area (Å²) in [5.74, 6) is 0.0485. The van der Waals surface area contributed by atoms with Crippen LogP contribution in [0.5, 0.6) is 5.75 Å². The van der Waals surface area contributed by atoms with Gasteiger partial charge >= 0.3 is 0 Å². The van der Waals surface area contributed by atoms with E-state index in [2.05, 4.69) is 26.5 Å². The summed E-state index contributed by atoms with van der Waals surface area (Å²) in [6.07, 6.45) is 2.04. The zero-order valence-electron chi connectivity index (χ0n) is 15.9. The number of hydrazine groups is 1. The first-order valence-electron chi connectivity index (χ1n) is 9.11. The Morgan fingerprint density at radius 3 is 2.82 bits per heavy atom. The molecule has 2 aromatic rings. The Bertz CT molecular complexity index is 873. The van der Waals surface area contributed by atoms with Crippen LogP contribution in [-0.4, -0.2) is 53.2 Å². The van der Waals surface area contributed by atoms with E-state index in [1.54, 1.807) is 23.9 Å². The second-order valence-electron chi connectivity index (χ2n) is 7.08. The fourth-order valence-electron chi connectivity index (χ4n) is 3.90. The number of benzene rings is 1. The van der Waals surface area contributed by atoms with Gasteiger partial charge < -0.3 is 15.4 Å². The second-order valence-corrected chi connectivity index (χ2v) is 7.08. The molecule has 4 rings (SSSR count). The number of hydrogen-bond donors (Lipinski definition) is 4. The molecule has 0 spiro atoms. The molecule has 150 valence electrons. The van der Waals surface area contributed by atoms with Crippen molar-refractivity contribution in [2.75, 3.05) is 24.8 Å². The fourth-order valence-corrected chi connectivity index (χ4v) is 3.90. The van der Waals surface area contributed by atoms with Crippen LogP contribution in [0.2, 0.25) is 0 Å². The van der Waals surface area contributed by atoms with Gasteiger partial charge in [0.2, 0.25) is 5.91 Å². The number of methoxy groups -OCH3 is 1. The third-order valence-electron chi connectivity index (χ3n) is 5.16. The number of rotatable bonds is 5. The van der Waals surface area contributed by atoms with E-state index < -0.39 is 5.82 Å². The molecular formula is C18H24FN7O2. The van der Waals surface area contributed by atoms with Crippen LogP contribution in [0.15, 0.2) is 30.5 Å². The van der Waals surface area contributed by atoms with Gasteiger partial charge in [0.1, 0.15) is 5.82 Å². The Balaban J connectivity index is 1.59. The van der Waals surface area contributed by atoms with E-state index in [0.29, 0.717) is 12.1 Å². The first-order chi connectivity index (χ1) is 13.5. The van der Waals surface area contributed by atoms with E-state index in [9.17, 15) is 9.18 Å². The van der Waals surface area contributed by atoms with Gasteiger partial charge in [-0.2, -0.15) is 5.10 Å². The van der Waals surface area contributed by atoms with Crippen LogP contribution in [0.1, 0.15) is 6.42 Å². The molecule has 9 nitrogen and oxygen atoms in total. The van der Waals surface area contributed by atoms with Gasteiger partial charge in [-0.25, -0.2) is 9.82 Å². The van der Waals surface area contributed by atoms with E-state index in [-0.39, 0.29) is 35.9 Å². The Labute approximate surface area is 162 Å². The van der Waals surface area contributed by atoms with Crippen molar-refractivity contribution in [1.29, 1.82) is 0 Å². The third-order valence-corrected chi connectivity index (χ3v) is 5.16. The number of aromatic nitrogens is 2. The van der Waals surface area contributed by atoms with E-state index in [4.69, 9.17) is 4.74 Å². The maximum Gasteiger partial charge on any atom is 0.244 e. The summed E-state index contributed by atoms with van der Waals surface area (Å²) in [5, 5.41) is 15.9.